The number of rotatable bonds is 3. The van der Waals surface area contributed by atoms with E-state index in [1.54, 1.807) is 11.3 Å². The van der Waals surface area contributed by atoms with Crippen LogP contribution in [-0.2, 0) is 5.41 Å². The number of hydrogen-bond donors (Lipinski definition) is 0. The fraction of sp³-hybridized carbons (Fsp3) is 0.160. The molecular weight excluding hydrogens is 360 g/mol. The molecule has 3 heteroatoms. The van der Waals surface area contributed by atoms with Gasteiger partial charge in [0.25, 0.3) is 0 Å². The van der Waals surface area contributed by atoms with Gasteiger partial charge in [0.2, 0.25) is 0 Å². The van der Waals surface area contributed by atoms with Crippen LogP contribution in [0.15, 0.2) is 96.0 Å². The Morgan fingerprint density at radius 3 is 1.82 bits per heavy atom. The van der Waals surface area contributed by atoms with Crippen molar-refractivity contribution in [2.75, 3.05) is 0 Å². The molecule has 0 saturated heterocycles. The molecule has 0 saturated carbocycles. The Morgan fingerprint density at radius 2 is 1.25 bits per heavy atom. The van der Waals surface area contributed by atoms with Crippen molar-refractivity contribution in [1.29, 1.82) is 0 Å². The molecule has 0 bridgehead atoms. The molecule has 0 aliphatic heterocycles. The molecule has 0 amide bonds. The standard InChI is InChI=1S/C25H24N2S/c1-25(2,3)23-22(19-13-7-4-8-14-19)27(21-17-11-6-12-18-21)24(28-23)26-20-15-9-5-10-16-20/h4-18H,1-3H3. The van der Waals surface area contributed by atoms with Crippen molar-refractivity contribution in [3.8, 4) is 16.9 Å². The highest BCUT2D eigenvalue weighted by Crippen LogP contribution is 2.37. The summed E-state index contributed by atoms with van der Waals surface area (Å²) in [6, 6.07) is 31.3. The predicted molar refractivity (Wildman–Crippen MR) is 119 cm³/mol. The Morgan fingerprint density at radius 1 is 0.714 bits per heavy atom. The smallest absolute Gasteiger partial charge is 0.195 e. The minimum Gasteiger partial charge on any atom is -0.285 e. The number of benzene rings is 3. The molecule has 1 aromatic heterocycles. The first-order chi connectivity index (χ1) is 13.5. The van der Waals surface area contributed by atoms with Crippen molar-refractivity contribution >= 4 is 17.0 Å². The highest BCUT2D eigenvalue weighted by atomic mass is 32.1. The van der Waals surface area contributed by atoms with Gasteiger partial charge in [0.15, 0.2) is 4.80 Å². The van der Waals surface area contributed by atoms with E-state index in [0.29, 0.717) is 0 Å². The van der Waals surface area contributed by atoms with Crippen LogP contribution >= 0.6 is 11.3 Å². The van der Waals surface area contributed by atoms with E-state index in [9.17, 15) is 0 Å². The molecule has 4 aromatic rings. The zero-order chi connectivity index (χ0) is 19.6. The first-order valence-electron chi connectivity index (χ1n) is 9.51. The zero-order valence-corrected chi connectivity index (χ0v) is 17.3. The second-order valence-electron chi connectivity index (χ2n) is 7.80. The molecule has 4 rings (SSSR count). The topological polar surface area (TPSA) is 17.3 Å². The molecule has 0 atom stereocenters. The van der Waals surface area contributed by atoms with E-state index in [-0.39, 0.29) is 5.41 Å². The van der Waals surface area contributed by atoms with E-state index in [1.165, 1.54) is 16.1 Å². The predicted octanol–water partition coefficient (Wildman–Crippen LogP) is 6.74. The largest absolute Gasteiger partial charge is 0.285 e. The van der Waals surface area contributed by atoms with Gasteiger partial charge in [-0.1, -0.05) is 87.5 Å². The summed E-state index contributed by atoms with van der Waals surface area (Å²) >= 11 is 1.77. The van der Waals surface area contributed by atoms with E-state index in [4.69, 9.17) is 4.99 Å². The van der Waals surface area contributed by atoms with Gasteiger partial charge in [0.1, 0.15) is 0 Å². The van der Waals surface area contributed by atoms with Gasteiger partial charge in [0.05, 0.1) is 11.4 Å². The number of para-hydroxylation sites is 2. The second kappa shape index (κ2) is 7.61. The Kier molecular flexibility index (Phi) is 5.01. The molecule has 2 nitrogen and oxygen atoms in total. The van der Waals surface area contributed by atoms with Gasteiger partial charge in [-0.2, -0.15) is 0 Å². The van der Waals surface area contributed by atoms with E-state index in [2.05, 4.69) is 86.0 Å². The lowest BCUT2D eigenvalue weighted by Crippen LogP contribution is -2.15. The summed E-state index contributed by atoms with van der Waals surface area (Å²) in [5.74, 6) is 0. The van der Waals surface area contributed by atoms with Crippen molar-refractivity contribution < 1.29 is 0 Å². The van der Waals surface area contributed by atoms with Gasteiger partial charge in [0, 0.05) is 10.6 Å². The van der Waals surface area contributed by atoms with Crippen LogP contribution in [0.1, 0.15) is 25.6 Å². The van der Waals surface area contributed by atoms with Gasteiger partial charge in [-0.05, 0) is 35.2 Å². The summed E-state index contributed by atoms with van der Waals surface area (Å²) in [5.41, 5.74) is 4.54. The summed E-state index contributed by atoms with van der Waals surface area (Å²) in [7, 11) is 0. The lowest BCUT2D eigenvalue weighted by atomic mass is 9.91. The molecule has 0 N–H and O–H groups in total. The average molecular weight is 385 g/mol. The Bertz CT molecular complexity index is 1120. The molecule has 1 heterocycles. The number of nitrogens with zero attached hydrogens (tertiary/aromatic N) is 2. The summed E-state index contributed by atoms with van der Waals surface area (Å²) in [6.07, 6.45) is 0. The van der Waals surface area contributed by atoms with Crippen LogP contribution in [0.2, 0.25) is 0 Å². The Labute approximate surface area is 170 Å². The van der Waals surface area contributed by atoms with Crippen molar-refractivity contribution in [1.82, 2.24) is 4.57 Å². The molecule has 140 valence electrons. The first kappa shape index (κ1) is 18.5. The fourth-order valence-electron chi connectivity index (χ4n) is 3.25. The first-order valence-corrected chi connectivity index (χ1v) is 10.3. The fourth-order valence-corrected chi connectivity index (χ4v) is 4.48. The molecule has 0 aliphatic carbocycles. The third kappa shape index (κ3) is 3.71. The van der Waals surface area contributed by atoms with Crippen LogP contribution in [-0.4, -0.2) is 4.57 Å². The second-order valence-corrected chi connectivity index (χ2v) is 8.77. The van der Waals surface area contributed by atoms with Crippen molar-refractivity contribution in [2.45, 2.75) is 26.2 Å². The Balaban J connectivity index is 2.10. The summed E-state index contributed by atoms with van der Waals surface area (Å²) in [6.45, 7) is 6.81. The van der Waals surface area contributed by atoms with Gasteiger partial charge < -0.3 is 0 Å². The lowest BCUT2D eigenvalue weighted by molar-refractivity contribution is 0.603. The third-order valence-electron chi connectivity index (χ3n) is 4.55. The van der Waals surface area contributed by atoms with Crippen LogP contribution in [0.5, 0.6) is 0 Å². The minimum atomic E-state index is 0.0107. The Hall–Kier alpha value is -2.91. The molecule has 0 aliphatic rings. The van der Waals surface area contributed by atoms with Crippen molar-refractivity contribution in [3.05, 3.63) is 101 Å². The maximum Gasteiger partial charge on any atom is 0.195 e. The summed E-state index contributed by atoms with van der Waals surface area (Å²) < 4.78 is 2.30. The highest BCUT2D eigenvalue weighted by molar-refractivity contribution is 7.09. The summed E-state index contributed by atoms with van der Waals surface area (Å²) in [5, 5.41) is 0. The number of thiazole rings is 1. The minimum absolute atomic E-state index is 0.0107. The normalized spacial score (nSPS) is 12.3. The van der Waals surface area contributed by atoms with Gasteiger partial charge in [-0.3, -0.25) is 4.57 Å². The molecule has 28 heavy (non-hydrogen) atoms. The number of hydrogen-bond acceptors (Lipinski definition) is 2. The number of aromatic nitrogens is 1. The molecular formula is C25H24N2S. The van der Waals surface area contributed by atoms with Gasteiger partial charge in [-0.15, -0.1) is 11.3 Å². The van der Waals surface area contributed by atoms with Crippen molar-refractivity contribution in [2.24, 2.45) is 4.99 Å². The van der Waals surface area contributed by atoms with Gasteiger partial charge in [-0.25, -0.2) is 4.99 Å². The molecule has 0 fully saturated rings. The van der Waals surface area contributed by atoms with Crippen LogP contribution in [0, 0.1) is 0 Å². The van der Waals surface area contributed by atoms with E-state index in [1.807, 2.05) is 30.3 Å². The van der Waals surface area contributed by atoms with Crippen LogP contribution in [0.25, 0.3) is 16.9 Å². The highest BCUT2D eigenvalue weighted by Gasteiger charge is 2.25. The van der Waals surface area contributed by atoms with Gasteiger partial charge >= 0.3 is 0 Å². The van der Waals surface area contributed by atoms with Crippen LogP contribution < -0.4 is 4.80 Å². The molecule has 3 aromatic carbocycles. The van der Waals surface area contributed by atoms with E-state index < -0.39 is 0 Å². The van der Waals surface area contributed by atoms with E-state index in [0.717, 1.165) is 16.2 Å². The molecule has 0 radical (unpaired) electrons. The lowest BCUT2D eigenvalue weighted by Gasteiger charge is -2.20. The molecule has 0 spiro atoms. The quantitative estimate of drug-likeness (QED) is 0.372. The van der Waals surface area contributed by atoms with Crippen LogP contribution in [0.4, 0.5) is 5.69 Å². The average Bonchev–Trinajstić information content (AvgIpc) is 3.10. The SMILES string of the molecule is CC(C)(C)c1sc(=Nc2ccccc2)n(-c2ccccc2)c1-c1ccccc1. The maximum atomic E-state index is 5.02. The monoisotopic (exact) mass is 384 g/mol. The van der Waals surface area contributed by atoms with Crippen molar-refractivity contribution in [3.63, 3.8) is 0 Å². The maximum absolute atomic E-state index is 5.02. The third-order valence-corrected chi connectivity index (χ3v) is 6.01. The van der Waals surface area contributed by atoms with E-state index >= 15 is 0 Å². The summed E-state index contributed by atoms with van der Waals surface area (Å²) in [4.78, 5) is 7.34. The van der Waals surface area contributed by atoms with Crippen LogP contribution in [0.3, 0.4) is 0 Å². The molecule has 0 unspecified atom stereocenters. The zero-order valence-electron chi connectivity index (χ0n) is 16.5.